The molecule has 0 bridgehead atoms. The number of ether oxygens (including phenoxy) is 1. The highest BCUT2D eigenvalue weighted by Gasteiger charge is 2.46. The Bertz CT molecular complexity index is 1610. The summed E-state index contributed by atoms with van der Waals surface area (Å²) >= 11 is 0. The van der Waals surface area contributed by atoms with E-state index in [9.17, 15) is 9.90 Å². The van der Waals surface area contributed by atoms with Crippen molar-refractivity contribution in [1.82, 2.24) is 29.8 Å². The second-order valence-electron chi connectivity index (χ2n) is 12.3. The molecule has 0 radical (unpaired) electrons. The van der Waals surface area contributed by atoms with Crippen LogP contribution >= 0.6 is 0 Å². The molecule has 1 unspecified atom stereocenters. The van der Waals surface area contributed by atoms with E-state index in [1.807, 2.05) is 44.4 Å². The van der Waals surface area contributed by atoms with E-state index in [-0.39, 0.29) is 23.5 Å². The highest BCUT2D eigenvalue weighted by Crippen LogP contribution is 2.48. The van der Waals surface area contributed by atoms with Gasteiger partial charge in [0.25, 0.3) is 0 Å². The van der Waals surface area contributed by atoms with Crippen LogP contribution in [0.2, 0.25) is 0 Å². The first kappa shape index (κ1) is 26.7. The van der Waals surface area contributed by atoms with Gasteiger partial charge in [-0.3, -0.25) is 4.98 Å². The molecule has 4 aromatic rings. The van der Waals surface area contributed by atoms with Crippen LogP contribution in [0.5, 0.6) is 5.75 Å². The van der Waals surface area contributed by atoms with Crippen molar-refractivity contribution in [2.24, 2.45) is 0 Å². The summed E-state index contributed by atoms with van der Waals surface area (Å²) in [7, 11) is 0. The number of aromatic nitrogens is 4. The molecule has 3 aromatic heterocycles. The van der Waals surface area contributed by atoms with Gasteiger partial charge in [0.15, 0.2) is 11.5 Å². The molecule has 3 aliphatic rings. The first-order valence-electron chi connectivity index (χ1n) is 14.8. The molecule has 218 valence electrons. The maximum Gasteiger partial charge on any atom is 0.318 e. The largest absolute Gasteiger partial charge is 0.491 e. The van der Waals surface area contributed by atoms with Gasteiger partial charge in [-0.15, -0.1) is 5.10 Å². The fourth-order valence-corrected chi connectivity index (χ4v) is 6.46. The lowest BCUT2D eigenvalue weighted by molar-refractivity contribution is 0.121. The van der Waals surface area contributed by atoms with Gasteiger partial charge in [-0.25, -0.2) is 14.3 Å². The van der Waals surface area contributed by atoms with Crippen LogP contribution < -0.4 is 15.0 Å². The van der Waals surface area contributed by atoms with E-state index in [2.05, 4.69) is 55.6 Å². The minimum absolute atomic E-state index is 0.0796. The fraction of sp³-hybridized carbons (Fsp3) is 0.438. The van der Waals surface area contributed by atoms with Crippen LogP contribution in [-0.4, -0.2) is 73.9 Å². The molecule has 2 N–H and O–H groups in total. The Morgan fingerprint density at radius 2 is 1.86 bits per heavy atom. The Balaban J connectivity index is 0.992. The van der Waals surface area contributed by atoms with Gasteiger partial charge < -0.3 is 25.0 Å². The van der Waals surface area contributed by atoms with Crippen molar-refractivity contribution in [1.29, 1.82) is 0 Å². The molecular formula is C32H37N7O3. The Labute approximate surface area is 245 Å². The number of carbonyl (C=O) groups excluding carboxylic acids is 1. The van der Waals surface area contributed by atoms with Crippen molar-refractivity contribution in [3.05, 3.63) is 83.6 Å². The summed E-state index contributed by atoms with van der Waals surface area (Å²) in [5.74, 6) is 1.03. The molecule has 1 spiro atoms. The first-order valence-corrected chi connectivity index (χ1v) is 14.8. The van der Waals surface area contributed by atoms with E-state index in [4.69, 9.17) is 4.74 Å². The predicted octanol–water partition coefficient (Wildman–Crippen LogP) is 3.95. The number of nitrogens with one attached hydrogen (secondary N) is 1. The number of fused-ring (bicyclic) bond motifs is 1. The second-order valence-corrected chi connectivity index (χ2v) is 12.3. The van der Waals surface area contributed by atoms with E-state index in [0.29, 0.717) is 24.6 Å². The molecular weight excluding hydrogens is 530 g/mol. The third-order valence-corrected chi connectivity index (χ3v) is 9.17. The predicted molar refractivity (Wildman–Crippen MR) is 159 cm³/mol. The fourth-order valence-electron chi connectivity index (χ4n) is 6.46. The normalized spacial score (nSPS) is 19.7. The number of β-amino-alcohol motifs (C(OH)–C–C–N with tert-alkyl or cyclic N) is 1. The summed E-state index contributed by atoms with van der Waals surface area (Å²) in [6.07, 6.45) is 6.58. The molecule has 3 fully saturated rings. The molecule has 2 saturated heterocycles. The van der Waals surface area contributed by atoms with E-state index in [0.717, 1.165) is 55.8 Å². The van der Waals surface area contributed by atoms with Gasteiger partial charge in [-0.2, -0.15) is 0 Å². The molecule has 1 saturated carbocycles. The highest BCUT2D eigenvalue weighted by atomic mass is 16.5. The minimum Gasteiger partial charge on any atom is -0.491 e. The standard InChI is InChI=1S/C32H37N7O3/c1-22-16-26(42-21-31(9-10-31)24-6-4-3-5-7-24)18-39-29(22)34-28(36-39)27(40)19-38-20-32(35-30(38)41)11-14-37(15-12-32)25-8-13-33-23(2)17-25/h3-8,13,16-18,27,40H,9-12,14-15,19-21H2,1-2H3,(H,35,41). The summed E-state index contributed by atoms with van der Waals surface area (Å²) in [5, 5.41) is 18.9. The van der Waals surface area contributed by atoms with Crippen LogP contribution in [-0.2, 0) is 5.41 Å². The number of hydrogen-bond donors (Lipinski definition) is 2. The van der Waals surface area contributed by atoms with Crippen molar-refractivity contribution in [2.45, 2.75) is 56.6 Å². The third-order valence-electron chi connectivity index (χ3n) is 9.17. The number of pyridine rings is 2. The summed E-state index contributed by atoms with van der Waals surface area (Å²) in [6.45, 7) is 6.97. The number of piperidine rings is 1. The zero-order chi connectivity index (χ0) is 28.9. The van der Waals surface area contributed by atoms with Crippen LogP contribution in [0.3, 0.4) is 0 Å². The average Bonchev–Trinajstić information content (AvgIpc) is 3.56. The topological polar surface area (TPSA) is 108 Å². The summed E-state index contributed by atoms with van der Waals surface area (Å²) in [5.41, 5.74) is 4.85. The van der Waals surface area contributed by atoms with Crippen molar-refractivity contribution in [3.63, 3.8) is 0 Å². The number of hydrogen-bond acceptors (Lipinski definition) is 7. The van der Waals surface area contributed by atoms with Crippen molar-refractivity contribution in [2.75, 3.05) is 37.7 Å². The molecule has 10 heteroatoms. The molecule has 2 aliphatic heterocycles. The maximum absolute atomic E-state index is 13.0. The molecule has 2 amide bonds. The summed E-state index contributed by atoms with van der Waals surface area (Å²) in [4.78, 5) is 25.9. The lowest BCUT2D eigenvalue weighted by Gasteiger charge is -2.39. The lowest BCUT2D eigenvalue weighted by Crippen LogP contribution is -2.52. The number of rotatable bonds is 8. The first-order chi connectivity index (χ1) is 20.3. The van der Waals surface area contributed by atoms with Crippen LogP contribution in [0.1, 0.15) is 54.4 Å². The van der Waals surface area contributed by atoms with Gasteiger partial charge in [0.1, 0.15) is 11.9 Å². The Hall–Kier alpha value is -4.18. The molecule has 42 heavy (non-hydrogen) atoms. The SMILES string of the molecule is Cc1cc(N2CCC3(CC2)CN(CC(O)c2nc4c(C)cc(OCC5(c6ccccc6)CC5)cn4n2)C(=O)N3)ccn1. The van der Waals surface area contributed by atoms with Gasteiger partial charge >= 0.3 is 6.03 Å². The zero-order valence-electron chi connectivity index (χ0n) is 24.2. The number of aryl methyl sites for hydroxylation is 2. The van der Waals surface area contributed by atoms with Crippen LogP contribution in [0, 0.1) is 13.8 Å². The molecule has 1 atom stereocenters. The van der Waals surface area contributed by atoms with Gasteiger partial charge in [0, 0.05) is 42.6 Å². The Morgan fingerprint density at radius 1 is 1.07 bits per heavy atom. The summed E-state index contributed by atoms with van der Waals surface area (Å²) in [6, 6.07) is 16.5. The van der Waals surface area contributed by atoms with Crippen LogP contribution in [0.15, 0.2) is 60.9 Å². The van der Waals surface area contributed by atoms with Crippen molar-refractivity contribution >= 4 is 17.4 Å². The molecule has 1 aromatic carbocycles. The summed E-state index contributed by atoms with van der Waals surface area (Å²) < 4.78 is 7.93. The number of anilines is 1. The van der Waals surface area contributed by atoms with Gasteiger partial charge in [0.05, 0.1) is 24.9 Å². The maximum atomic E-state index is 13.0. The lowest BCUT2D eigenvalue weighted by atomic mass is 9.88. The molecule has 10 nitrogen and oxygen atoms in total. The van der Waals surface area contributed by atoms with E-state index in [1.54, 1.807) is 9.42 Å². The third kappa shape index (κ3) is 5.04. The second kappa shape index (κ2) is 10.3. The number of urea groups is 1. The van der Waals surface area contributed by atoms with Crippen LogP contribution in [0.25, 0.3) is 5.65 Å². The average molecular weight is 568 g/mol. The Morgan fingerprint density at radius 3 is 2.60 bits per heavy atom. The van der Waals surface area contributed by atoms with Gasteiger partial charge in [-0.1, -0.05) is 30.3 Å². The Kier molecular flexibility index (Phi) is 6.53. The van der Waals surface area contributed by atoms with Crippen molar-refractivity contribution < 1.29 is 14.6 Å². The van der Waals surface area contributed by atoms with E-state index in [1.165, 1.54) is 11.3 Å². The minimum atomic E-state index is -0.998. The quantitative estimate of drug-likeness (QED) is 0.332. The number of carbonyl (C=O) groups is 1. The van der Waals surface area contributed by atoms with Crippen LogP contribution in [0.4, 0.5) is 10.5 Å². The molecule has 1 aliphatic carbocycles. The molecule has 7 rings (SSSR count). The number of nitrogens with zero attached hydrogens (tertiary/aromatic N) is 6. The number of benzene rings is 1. The van der Waals surface area contributed by atoms with Crippen molar-refractivity contribution in [3.8, 4) is 5.75 Å². The number of aliphatic hydroxyl groups excluding tert-OH is 1. The van der Waals surface area contributed by atoms with Gasteiger partial charge in [0.2, 0.25) is 0 Å². The molecule has 5 heterocycles. The van der Waals surface area contributed by atoms with E-state index < -0.39 is 6.10 Å². The highest BCUT2D eigenvalue weighted by molar-refractivity contribution is 5.78. The monoisotopic (exact) mass is 567 g/mol. The number of amides is 2. The zero-order valence-corrected chi connectivity index (χ0v) is 24.2. The smallest absolute Gasteiger partial charge is 0.318 e. The van der Waals surface area contributed by atoms with Gasteiger partial charge in [-0.05, 0) is 68.9 Å². The number of aliphatic hydroxyl groups is 1. The van der Waals surface area contributed by atoms with E-state index >= 15 is 0 Å².